The van der Waals surface area contributed by atoms with Gasteiger partial charge in [0.05, 0.1) is 7.11 Å². The van der Waals surface area contributed by atoms with Crippen molar-refractivity contribution in [2.45, 2.75) is 19.6 Å². The summed E-state index contributed by atoms with van der Waals surface area (Å²) >= 11 is 0. The number of rotatable bonds is 8. The first kappa shape index (κ1) is 20.4. The summed E-state index contributed by atoms with van der Waals surface area (Å²) < 4.78 is 34.1. The van der Waals surface area contributed by atoms with Gasteiger partial charge in [-0.2, -0.15) is 8.78 Å². The molecule has 22 heavy (non-hydrogen) atoms. The van der Waals surface area contributed by atoms with E-state index in [1.165, 1.54) is 18.1 Å². The summed E-state index contributed by atoms with van der Waals surface area (Å²) in [5.41, 5.74) is 0.687. The third kappa shape index (κ3) is 6.44. The van der Waals surface area contributed by atoms with Crippen molar-refractivity contribution in [2.75, 3.05) is 27.7 Å². The molecule has 0 bridgehead atoms. The van der Waals surface area contributed by atoms with E-state index < -0.39 is 6.61 Å². The summed E-state index contributed by atoms with van der Waals surface area (Å²) in [4.78, 5) is 13.3. The van der Waals surface area contributed by atoms with Crippen LogP contribution in [0.25, 0.3) is 0 Å². The van der Waals surface area contributed by atoms with Crippen LogP contribution in [-0.4, -0.2) is 45.2 Å². The molecule has 8 heteroatoms. The number of alkyl halides is 2. The summed E-state index contributed by atoms with van der Waals surface area (Å²) in [5, 5.41) is 2.90. The van der Waals surface area contributed by atoms with Crippen LogP contribution in [0.15, 0.2) is 18.2 Å². The molecule has 0 fully saturated rings. The predicted molar refractivity (Wildman–Crippen MR) is 81.9 cm³/mol. The van der Waals surface area contributed by atoms with Crippen molar-refractivity contribution in [3.05, 3.63) is 23.8 Å². The van der Waals surface area contributed by atoms with Crippen LogP contribution in [0.1, 0.15) is 12.0 Å². The lowest BCUT2D eigenvalue weighted by atomic mass is 10.2. The van der Waals surface area contributed by atoms with Gasteiger partial charge in [-0.05, 0) is 24.7 Å². The number of nitrogens with zero attached hydrogens (tertiary/aromatic N) is 1. The SMILES string of the molecule is CNCCC(=O)N(C)Cc1ccc(OC)c(OC(F)F)c1.Cl. The van der Waals surface area contributed by atoms with Gasteiger partial charge in [0.15, 0.2) is 11.5 Å². The molecule has 0 atom stereocenters. The number of hydrogen-bond donors (Lipinski definition) is 1. The fourth-order valence-corrected chi connectivity index (χ4v) is 1.79. The van der Waals surface area contributed by atoms with Gasteiger partial charge in [0.25, 0.3) is 0 Å². The van der Waals surface area contributed by atoms with Crippen molar-refractivity contribution >= 4 is 18.3 Å². The number of halogens is 3. The number of carbonyl (C=O) groups excluding carboxylic acids is 1. The summed E-state index contributed by atoms with van der Waals surface area (Å²) in [6, 6.07) is 4.70. The third-order valence-corrected chi connectivity index (χ3v) is 2.88. The fourth-order valence-electron chi connectivity index (χ4n) is 1.79. The molecule has 1 rings (SSSR count). The largest absolute Gasteiger partial charge is 0.493 e. The van der Waals surface area contributed by atoms with Gasteiger partial charge in [-0.15, -0.1) is 12.4 Å². The molecule has 0 spiro atoms. The first-order valence-corrected chi connectivity index (χ1v) is 6.48. The van der Waals surface area contributed by atoms with E-state index in [-0.39, 0.29) is 29.8 Å². The molecule has 1 aromatic carbocycles. The maximum Gasteiger partial charge on any atom is 0.387 e. The number of benzene rings is 1. The van der Waals surface area contributed by atoms with Crippen molar-refractivity contribution < 1.29 is 23.0 Å². The van der Waals surface area contributed by atoms with Gasteiger partial charge in [0, 0.05) is 26.6 Å². The molecule has 0 aliphatic carbocycles. The van der Waals surface area contributed by atoms with Crippen LogP contribution >= 0.6 is 12.4 Å². The Balaban J connectivity index is 0.00000441. The average molecular weight is 339 g/mol. The molecule has 1 amide bonds. The van der Waals surface area contributed by atoms with E-state index in [9.17, 15) is 13.6 Å². The number of carbonyl (C=O) groups is 1. The summed E-state index contributed by atoms with van der Waals surface area (Å²) in [7, 11) is 4.81. The van der Waals surface area contributed by atoms with Gasteiger partial charge in [0.1, 0.15) is 0 Å². The van der Waals surface area contributed by atoms with Crippen molar-refractivity contribution in [3.8, 4) is 11.5 Å². The van der Waals surface area contributed by atoms with Crippen LogP contribution in [0.3, 0.4) is 0 Å². The number of nitrogens with one attached hydrogen (secondary N) is 1. The number of amides is 1. The van der Waals surface area contributed by atoms with E-state index in [1.54, 1.807) is 26.2 Å². The summed E-state index contributed by atoms with van der Waals surface area (Å²) in [5.74, 6) is 0.154. The smallest absolute Gasteiger partial charge is 0.387 e. The lowest BCUT2D eigenvalue weighted by Gasteiger charge is -2.18. The molecule has 0 aliphatic rings. The molecule has 0 unspecified atom stereocenters. The van der Waals surface area contributed by atoms with E-state index in [1.807, 2.05) is 0 Å². The van der Waals surface area contributed by atoms with Crippen LogP contribution in [0.4, 0.5) is 8.78 Å². The van der Waals surface area contributed by atoms with Gasteiger partial charge in [0.2, 0.25) is 5.91 Å². The average Bonchev–Trinajstić information content (AvgIpc) is 2.44. The normalized spacial score (nSPS) is 10.1. The highest BCUT2D eigenvalue weighted by molar-refractivity contribution is 5.85. The quantitative estimate of drug-likeness (QED) is 0.790. The molecule has 0 aliphatic heterocycles. The van der Waals surface area contributed by atoms with E-state index in [4.69, 9.17) is 4.74 Å². The molecule has 126 valence electrons. The number of ether oxygens (including phenoxy) is 2. The van der Waals surface area contributed by atoms with Crippen LogP contribution in [-0.2, 0) is 11.3 Å². The zero-order valence-corrected chi connectivity index (χ0v) is 13.6. The second kappa shape index (κ2) is 10.2. The number of methoxy groups -OCH3 is 1. The van der Waals surface area contributed by atoms with E-state index in [0.717, 1.165) is 0 Å². The lowest BCUT2D eigenvalue weighted by molar-refractivity contribution is -0.130. The van der Waals surface area contributed by atoms with Crippen molar-refractivity contribution in [1.82, 2.24) is 10.2 Å². The lowest BCUT2D eigenvalue weighted by Crippen LogP contribution is -2.28. The standard InChI is InChI=1S/C14H20F2N2O3.ClH/c1-17-7-6-13(19)18(2)9-10-4-5-11(20-3)12(8-10)21-14(15)16;/h4-5,8,14,17H,6-7,9H2,1-3H3;1H. The molecule has 0 radical (unpaired) electrons. The minimum atomic E-state index is -2.93. The zero-order chi connectivity index (χ0) is 15.8. The molecule has 1 N–H and O–H groups in total. The first-order valence-electron chi connectivity index (χ1n) is 6.48. The molecular weight excluding hydrogens is 318 g/mol. The van der Waals surface area contributed by atoms with E-state index in [2.05, 4.69) is 10.1 Å². The summed E-state index contributed by atoms with van der Waals surface area (Å²) in [6.07, 6.45) is 0.379. The molecule has 0 heterocycles. The Labute approximate surface area is 135 Å². The molecule has 1 aromatic rings. The fraction of sp³-hybridized carbons (Fsp3) is 0.500. The van der Waals surface area contributed by atoms with Crippen LogP contribution in [0.2, 0.25) is 0 Å². The molecule has 0 saturated heterocycles. The second-order valence-electron chi connectivity index (χ2n) is 4.47. The number of hydrogen-bond acceptors (Lipinski definition) is 4. The van der Waals surface area contributed by atoms with Gasteiger partial charge in [-0.25, -0.2) is 0 Å². The van der Waals surface area contributed by atoms with Gasteiger partial charge in [-0.3, -0.25) is 4.79 Å². The Morgan fingerprint density at radius 3 is 2.59 bits per heavy atom. The predicted octanol–water partition coefficient (Wildman–Crippen LogP) is 2.29. The van der Waals surface area contributed by atoms with Crippen LogP contribution in [0, 0.1) is 0 Å². The Kier molecular flexibility index (Phi) is 9.44. The second-order valence-corrected chi connectivity index (χ2v) is 4.47. The Morgan fingerprint density at radius 1 is 1.36 bits per heavy atom. The maximum absolute atomic E-state index is 12.3. The highest BCUT2D eigenvalue weighted by Crippen LogP contribution is 2.29. The third-order valence-electron chi connectivity index (χ3n) is 2.88. The van der Waals surface area contributed by atoms with Gasteiger partial charge < -0.3 is 19.7 Å². The molecular formula is C14H21ClF2N2O3. The van der Waals surface area contributed by atoms with Crippen LogP contribution in [0.5, 0.6) is 11.5 Å². The zero-order valence-electron chi connectivity index (χ0n) is 12.8. The highest BCUT2D eigenvalue weighted by Gasteiger charge is 2.13. The summed E-state index contributed by atoms with van der Waals surface area (Å²) in [6.45, 7) is -2.03. The monoisotopic (exact) mass is 338 g/mol. The Morgan fingerprint density at radius 2 is 2.05 bits per heavy atom. The Bertz CT molecular complexity index is 475. The van der Waals surface area contributed by atoms with E-state index >= 15 is 0 Å². The Hall–Kier alpha value is -1.60. The van der Waals surface area contributed by atoms with Crippen molar-refractivity contribution in [3.63, 3.8) is 0 Å². The first-order chi connectivity index (χ1) is 9.97. The maximum atomic E-state index is 12.3. The minimum absolute atomic E-state index is 0. The topological polar surface area (TPSA) is 50.8 Å². The van der Waals surface area contributed by atoms with Crippen molar-refractivity contribution in [1.29, 1.82) is 0 Å². The molecule has 5 nitrogen and oxygen atoms in total. The minimum Gasteiger partial charge on any atom is -0.493 e. The highest BCUT2D eigenvalue weighted by atomic mass is 35.5. The van der Waals surface area contributed by atoms with Gasteiger partial charge in [-0.1, -0.05) is 6.07 Å². The van der Waals surface area contributed by atoms with Crippen LogP contribution < -0.4 is 14.8 Å². The molecule has 0 saturated carbocycles. The van der Waals surface area contributed by atoms with E-state index in [0.29, 0.717) is 25.1 Å². The van der Waals surface area contributed by atoms with Gasteiger partial charge >= 0.3 is 6.61 Å². The van der Waals surface area contributed by atoms with Crippen molar-refractivity contribution in [2.24, 2.45) is 0 Å². The molecule has 0 aromatic heterocycles.